The minimum absolute atomic E-state index is 0.0797. The Morgan fingerprint density at radius 3 is 2.50 bits per heavy atom. The van der Waals surface area contributed by atoms with Crippen LogP contribution in [0.1, 0.15) is 32.1 Å². The number of amides is 1. The van der Waals surface area contributed by atoms with Gasteiger partial charge >= 0.3 is 0 Å². The van der Waals surface area contributed by atoms with Crippen molar-refractivity contribution >= 4 is 5.91 Å². The van der Waals surface area contributed by atoms with E-state index in [0.29, 0.717) is 13.2 Å². The van der Waals surface area contributed by atoms with Crippen molar-refractivity contribution in [3.8, 4) is 11.5 Å². The summed E-state index contributed by atoms with van der Waals surface area (Å²) in [6.07, 6.45) is 6.12. The molecule has 5 heteroatoms. The molecule has 1 fully saturated rings. The number of ether oxygens (including phenoxy) is 3. The third-order valence-corrected chi connectivity index (χ3v) is 3.75. The summed E-state index contributed by atoms with van der Waals surface area (Å²) in [6, 6.07) is 7.36. The molecule has 1 saturated carbocycles. The van der Waals surface area contributed by atoms with E-state index in [-0.39, 0.29) is 18.6 Å². The molecule has 0 aliphatic heterocycles. The highest BCUT2D eigenvalue weighted by Crippen LogP contribution is 2.20. The van der Waals surface area contributed by atoms with Crippen LogP contribution in [0.25, 0.3) is 0 Å². The zero-order valence-electron chi connectivity index (χ0n) is 13.2. The van der Waals surface area contributed by atoms with E-state index >= 15 is 0 Å². The molecule has 1 aromatic rings. The number of methoxy groups -OCH3 is 1. The van der Waals surface area contributed by atoms with Gasteiger partial charge in [0.25, 0.3) is 0 Å². The van der Waals surface area contributed by atoms with Crippen LogP contribution in [0.2, 0.25) is 0 Å². The fraction of sp³-hybridized carbons (Fsp3) is 0.588. The summed E-state index contributed by atoms with van der Waals surface area (Å²) in [5, 5.41) is 2.80. The van der Waals surface area contributed by atoms with Gasteiger partial charge in [-0.25, -0.2) is 0 Å². The topological polar surface area (TPSA) is 56.8 Å². The zero-order chi connectivity index (χ0) is 15.6. The summed E-state index contributed by atoms with van der Waals surface area (Å²) in [7, 11) is 1.63. The minimum Gasteiger partial charge on any atom is -0.497 e. The molecule has 0 saturated heterocycles. The van der Waals surface area contributed by atoms with Crippen LogP contribution in [0.3, 0.4) is 0 Å². The first-order valence-electron chi connectivity index (χ1n) is 7.93. The molecule has 0 atom stereocenters. The van der Waals surface area contributed by atoms with Crippen LogP contribution in [0.4, 0.5) is 0 Å². The predicted octanol–water partition coefficient (Wildman–Crippen LogP) is 2.54. The first-order chi connectivity index (χ1) is 10.8. The first-order valence-corrected chi connectivity index (χ1v) is 7.93. The van der Waals surface area contributed by atoms with Gasteiger partial charge in [-0.3, -0.25) is 4.79 Å². The quantitative estimate of drug-likeness (QED) is 0.750. The summed E-state index contributed by atoms with van der Waals surface area (Å²) in [4.78, 5) is 11.7. The summed E-state index contributed by atoms with van der Waals surface area (Å²) >= 11 is 0. The molecule has 2 rings (SSSR count). The highest BCUT2D eigenvalue weighted by Gasteiger charge is 2.14. The van der Waals surface area contributed by atoms with Crippen molar-refractivity contribution in [3.63, 3.8) is 0 Å². The lowest BCUT2D eigenvalue weighted by Gasteiger charge is -2.21. The maximum absolute atomic E-state index is 11.7. The van der Waals surface area contributed by atoms with Gasteiger partial charge < -0.3 is 19.5 Å². The fourth-order valence-electron chi connectivity index (χ4n) is 2.51. The van der Waals surface area contributed by atoms with E-state index in [2.05, 4.69) is 5.32 Å². The van der Waals surface area contributed by atoms with Crippen molar-refractivity contribution in [1.82, 2.24) is 5.32 Å². The molecule has 0 bridgehead atoms. The summed E-state index contributed by atoms with van der Waals surface area (Å²) in [5.74, 6) is 1.47. The number of rotatable bonds is 8. The molecule has 0 radical (unpaired) electrons. The van der Waals surface area contributed by atoms with Crippen molar-refractivity contribution in [2.75, 3.05) is 26.9 Å². The Bertz CT molecular complexity index is 440. The zero-order valence-corrected chi connectivity index (χ0v) is 13.2. The van der Waals surface area contributed by atoms with Gasteiger partial charge in [0.1, 0.15) is 24.7 Å². The van der Waals surface area contributed by atoms with E-state index in [1.165, 1.54) is 19.3 Å². The predicted molar refractivity (Wildman–Crippen MR) is 84.3 cm³/mol. The van der Waals surface area contributed by atoms with Crippen LogP contribution in [0.15, 0.2) is 24.3 Å². The van der Waals surface area contributed by atoms with Crippen LogP contribution in [0, 0.1) is 0 Å². The van der Waals surface area contributed by atoms with Crippen LogP contribution in [-0.2, 0) is 9.53 Å². The van der Waals surface area contributed by atoms with Crippen LogP contribution in [-0.4, -0.2) is 38.9 Å². The van der Waals surface area contributed by atoms with E-state index in [1.807, 2.05) is 24.3 Å². The fourth-order valence-corrected chi connectivity index (χ4v) is 2.51. The standard InChI is InChI=1S/C17H25NO4/c1-20-14-7-9-16(10-8-14)21-12-11-18-17(19)13-22-15-5-3-2-4-6-15/h7-10,15H,2-6,11-13H2,1H3,(H,18,19). The van der Waals surface area contributed by atoms with Crippen molar-refractivity contribution < 1.29 is 19.0 Å². The molecular formula is C17H25NO4. The molecule has 22 heavy (non-hydrogen) atoms. The van der Waals surface area contributed by atoms with Gasteiger partial charge in [0.05, 0.1) is 19.8 Å². The van der Waals surface area contributed by atoms with Gasteiger partial charge in [-0.1, -0.05) is 19.3 Å². The van der Waals surface area contributed by atoms with Crippen molar-refractivity contribution in [2.24, 2.45) is 0 Å². The van der Waals surface area contributed by atoms with E-state index in [1.54, 1.807) is 7.11 Å². The summed E-state index contributed by atoms with van der Waals surface area (Å²) < 4.78 is 16.2. The number of carbonyl (C=O) groups excluding carboxylic acids is 1. The molecule has 1 N–H and O–H groups in total. The number of benzene rings is 1. The molecular weight excluding hydrogens is 282 g/mol. The van der Waals surface area contributed by atoms with Crippen LogP contribution < -0.4 is 14.8 Å². The van der Waals surface area contributed by atoms with Crippen molar-refractivity contribution in [2.45, 2.75) is 38.2 Å². The Labute approximate surface area is 131 Å². The van der Waals surface area contributed by atoms with Gasteiger partial charge in [-0.15, -0.1) is 0 Å². The molecule has 0 spiro atoms. The lowest BCUT2D eigenvalue weighted by Crippen LogP contribution is -2.33. The lowest BCUT2D eigenvalue weighted by molar-refractivity contribution is -0.128. The van der Waals surface area contributed by atoms with Gasteiger partial charge in [-0.2, -0.15) is 0 Å². The number of hydrogen-bond acceptors (Lipinski definition) is 4. The Morgan fingerprint density at radius 1 is 1.14 bits per heavy atom. The molecule has 0 unspecified atom stereocenters. The Kier molecular flexibility index (Phi) is 7.03. The monoisotopic (exact) mass is 307 g/mol. The number of carbonyl (C=O) groups is 1. The van der Waals surface area contributed by atoms with Gasteiger partial charge in [0.2, 0.25) is 5.91 Å². The van der Waals surface area contributed by atoms with Crippen LogP contribution in [0.5, 0.6) is 11.5 Å². The second kappa shape index (κ2) is 9.30. The Morgan fingerprint density at radius 2 is 1.82 bits per heavy atom. The van der Waals surface area contributed by atoms with Crippen LogP contribution >= 0.6 is 0 Å². The second-order valence-corrected chi connectivity index (χ2v) is 5.44. The molecule has 5 nitrogen and oxygen atoms in total. The normalized spacial score (nSPS) is 15.3. The maximum Gasteiger partial charge on any atom is 0.246 e. The maximum atomic E-state index is 11.7. The lowest BCUT2D eigenvalue weighted by atomic mass is 9.98. The van der Waals surface area contributed by atoms with E-state index in [4.69, 9.17) is 14.2 Å². The van der Waals surface area contributed by atoms with Crippen molar-refractivity contribution in [1.29, 1.82) is 0 Å². The van der Waals surface area contributed by atoms with E-state index in [9.17, 15) is 4.79 Å². The Balaban J connectivity index is 1.54. The van der Waals surface area contributed by atoms with E-state index < -0.39 is 0 Å². The molecule has 1 aliphatic rings. The summed E-state index contributed by atoms with van der Waals surface area (Å²) in [6.45, 7) is 1.05. The molecule has 1 amide bonds. The van der Waals surface area contributed by atoms with Gasteiger partial charge in [0.15, 0.2) is 0 Å². The average Bonchev–Trinajstić information content (AvgIpc) is 2.58. The SMILES string of the molecule is COc1ccc(OCCNC(=O)COC2CCCCC2)cc1. The number of hydrogen-bond donors (Lipinski definition) is 1. The summed E-state index contributed by atoms with van der Waals surface area (Å²) in [5.41, 5.74) is 0. The first kappa shape index (κ1) is 16.6. The largest absolute Gasteiger partial charge is 0.497 e. The highest BCUT2D eigenvalue weighted by molar-refractivity contribution is 5.77. The molecule has 1 aromatic carbocycles. The van der Waals surface area contributed by atoms with E-state index in [0.717, 1.165) is 24.3 Å². The van der Waals surface area contributed by atoms with Crippen molar-refractivity contribution in [3.05, 3.63) is 24.3 Å². The average molecular weight is 307 g/mol. The minimum atomic E-state index is -0.0797. The Hall–Kier alpha value is -1.75. The molecule has 1 aliphatic carbocycles. The molecule has 0 aromatic heterocycles. The second-order valence-electron chi connectivity index (χ2n) is 5.44. The third kappa shape index (κ3) is 5.93. The number of nitrogens with one attached hydrogen (secondary N) is 1. The third-order valence-electron chi connectivity index (χ3n) is 3.75. The highest BCUT2D eigenvalue weighted by atomic mass is 16.5. The molecule has 122 valence electrons. The van der Waals surface area contributed by atoms with Gasteiger partial charge in [0, 0.05) is 0 Å². The van der Waals surface area contributed by atoms with Gasteiger partial charge in [-0.05, 0) is 37.1 Å². The smallest absolute Gasteiger partial charge is 0.246 e. The molecule has 0 heterocycles.